The topological polar surface area (TPSA) is 58.9 Å². The Morgan fingerprint density at radius 2 is 1.38 bits per heavy atom. The Kier molecular flexibility index (Phi) is 3.35. The van der Waals surface area contributed by atoms with E-state index in [1.807, 2.05) is 19.9 Å². The van der Waals surface area contributed by atoms with Crippen molar-refractivity contribution in [2.24, 2.45) is 0 Å². The van der Waals surface area contributed by atoms with Gasteiger partial charge < -0.3 is 19.4 Å². The van der Waals surface area contributed by atoms with Crippen LogP contribution in [0, 0.1) is 0 Å². The molecule has 84 valence electrons. The summed E-state index contributed by atoms with van der Waals surface area (Å²) in [5.74, 6) is 0. The fraction of sp³-hybridized carbons (Fsp3) is 0.400. The predicted molar refractivity (Wildman–Crippen MR) is 62.6 cm³/mol. The second-order valence-corrected chi connectivity index (χ2v) is 3.58. The van der Waals surface area contributed by atoms with Gasteiger partial charge in [0, 0.05) is 0 Å². The van der Waals surface area contributed by atoms with E-state index in [0.717, 1.165) is 22.1 Å². The van der Waals surface area contributed by atoms with Crippen LogP contribution in [0.2, 0.25) is 0 Å². The van der Waals surface area contributed by atoms with Crippen LogP contribution in [0.25, 0.3) is 0 Å². The van der Waals surface area contributed by atoms with Gasteiger partial charge in [-0.25, -0.2) is 0 Å². The van der Waals surface area contributed by atoms with Crippen molar-refractivity contribution in [1.29, 1.82) is 0 Å². The van der Waals surface area contributed by atoms with E-state index in [0.29, 0.717) is 13.2 Å². The van der Waals surface area contributed by atoms with Crippen molar-refractivity contribution in [3.05, 3.63) is 23.3 Å². The van der Waals surface area contributed by atoms with E-state index in [-0.39, 0.29) is 0 Å². The van der Waals surface area contributed by atoms with Crippen LogP contribution in [-0.2, 0) is 22.5 Å². The molecule has 0 radical (unpaired) electrons. The molecule has 0 saturated heterocycles. The van der Waals surface area contributed by atoms with E-state index in [1.165, 1.54) is 0 Å². The minimum absolute atomic E-state index is 0.430. The van der Waals surface area contributed by atoms with E-state index in [1.54, 1.807) is 6.07 Å². The molecule has 0 amide bonds. The molecule has 1 aromatic carbocycles. The summed E-state index contributed by atoms with van der Waals surface area (Å²) in [6.07, 6.45) is 0. The van der Waals surface area contributed by atoms with Gasteiger partial charge in [0.25, 0.3) is 0 Å². The molecule has 2 aliphatic heterocycles. The largest absolute Gasteiger partial charge is 0.491 e. The highest BCUT2D eigenvalue weighted by Gasteiger charge is 2.34. The quantitative estimate of drug-likeness (QED) is 0.559. The minimum Gasteiger partial charge on any atom is -0.423 e. The van der Waals surface area contributed by atoms with E-state index < -0.39 is 14.2 Å². The smallest absolute Gasteiger partial charge is 0.423 e. The fourth-order valence-corrected chi connectivity index (χ4v) is 1.96. The maximum atomic E-state index is 9.45. The van der Waals surface area contributed by atoms with Crippen molar-refractivity contribution in [3.8, 4) is 0 Å². The van der Waals surface area contributed by atoms with Gasteiger partial charge in [0.1, 0.15) is 0 Å². The summed E-state index contributed by atoms with van der Waals surface area (Å²) in [4.78, 5) is 0. The number of hydrogen-bond acceptors (Lipinski definition) is 4. The third-order valence-corrected chi connectivity index (χ3v) is 2.73. The number of rotatable bonds is 0. The van der Waals surface area contributed by atoms with Crippen LogP contribution in [0.15, 0.2) is 12.1 Å². The number of hydrogen-bond donors (Lipinski definition) is 2. The van der Waals surface area contributed by atoms with Crippen LogP contribution in [-0.4, -0.2) is 24.3 Å². The summed E-state index contributed by atoms with van der Waals surface area (Å²) in [7, 11) is -1.72. The Morgan fingerprint density at radius 3 is 1.81 bits per heavy atom. The molecule has 0 bridgehead atoms. The highest BCUT2D eigenvalue weighted by atomic mass is 16.5. The van der Waals surface area contributed by atoms with E-state index >= 15 is 0 Å². The Bertz CT molecular complexity index is 363. The van der Waals surface area contributed by atoms with Crippen LogP contribution in [0.4, 0.5) is 0 Å². The van der Waals surface area contributed by atoms with Gasteiger partial charge in [0.05, 0.1) is 13.2 Å². The average Bonchev–Trinajstić information content (AvgIpc) is 2.86. The molecule has 6 heteroatoms. The summed E-state index contributed by atoms with van der Waals surface area (Å²) in [5.41, 5.74) is 3.45. The second kappa shape index (κ2) is 4.59. The van der Waals surface area contributed by atoms with Gasteiger partial charge in [-0.15, -0.1) is 0 Å². The van der Waals surface area contributed by atoms with Crippen molar-refractivity contribution >= 4 is 25.2 Å². The van der Waals surface area contributed by atoms with Crippen LogP contribution in [0.3, 0.4) is 0 Å². The molecule has 16 heavy (non-hydrogen) atoms. The number of fused-ring (bicyclic) bond motifs is 2. The first-order valence-corrected chi connectivity index (χ1v) is 5.50. The molecule has 0 aromatic heterocycles. The molecular formula is C10H14B2O4. The second-order valence-electron chi connectivity index (χ2n) is 3.58. The zero-order valence-corrected chi connectivity index (χ0v) is 9.43. The lowest BCUT2D eigenvalue weighted by molar-refractivity contribution is 0.272. The maximum Gasteiger partial charge on any atom is 0.491 e. The SMILES string of the molecule is CC.OB1OCc2cc3c(cc21)B(O)OC3. The highest BCUT2D eigenvalue weighted by molar-refractivity contribution is 6.65. The lowest BCUT2D eigenvalue weighted by Crippen LogP contribution is -2.36. The fourth-order valence-electron chi connectivity index (χ4n) is 1.96. The van der Waals surface area contributed by atoms with Crippen molar-refractivity contribution in [3.63, 3.8) is 0 Å². The first kappa shape index (κ1) is 11.7. The predicted octanol–water partition coefficient (Wildman–Crippen LogP) is -0.852. The monoisotopic (exact) mass is 220 g/mol. The van der Waals surface area contributed by atoms with E-state index in [9.17, 15) is 10.0 Å². The molecule has 3 rings (SSSR count). The summed E-state index contributed by atoms with van der Waals surface area (Å²) >= 11 is 0. The third kappa shape index (κ3) is 1.78. The lowest BCUT2D eigenvalue weighted by Gasteiger charge is -2.02. The van der Waals surface area contributed by atoms with Gasteiger partial charge in [-0.1, -0.05) is 26.0 Å². The molecule has 4 nitrogen and oxygen atoms in total. The van der Waals surface area contributed by atoms with Crippen LogP contribution in [0.1, 0.15) is 25.0 Å². The number of benzene rings is 1. The minimum atomic E-state index is -0.858. The lowest BCUT2D eigenvalue weighted by atomic mass is 9.71. The van der Waals surface area contributed by atoms with Crippen molar-refractivity contribution < 1.29 is 19.4 Å². The molecule has 1 aromatic rings. The zero-order chi connectivity index (χ0) is 11.7. The van der Waals surface area contributed by atoms with Crippen molar-refractivity contribution in [2.45, 2.75) is 27.1 Å². The Labute approximate surface area is 95.5 Å². The molecular weight excluding hydrogens is 206 g/mol. The zero-order valence-electron chi connectivity index (χ0n) is 9.43. The molecule has 0 atom stereocenters. The highest BCUT2D eigenvalue weighted by Crippen LogP contribution is 2.15. The van der Waals surface area contributed by atoms with Gasteiger partial charge in [-0.05, 0) is 22.1 Å². The summed E-state index contributed by atoms with van der Waals surface area (Å²) < 4.78 is 10.1. The third-order valence-electron chi connectivity index (χ3n) is 2.73. The molecule has 0 unspecified atom stereocenters. The maximum absolute atomic E-state index is 9.45. The Hall–Kier alpha value is -0.810. The van der Waals surface area contributed by atoms with Crippen LogP contribution < -0.4 is 10.9 Å². The van der Waals surface area contributed by atoms with E-state index in [4.69, 9.17) is 9.31 Å². The molecule has 2 aliphatic rings. The summed E-state index contributed by atoms with van der Waals surface area (Å²) in [6, 6.07) is 3.69. The molecule has 2 heterocycles. The van der Waals surface area contributed by atoms with Crippen LogP contribution in [0.5, 0.6) is 0 Å². The summed E-state index contributed by atoms with van der Waals surface area (Å²) in [6.45, 7) is 4.86. The van der Waals surface area contributed by atoms with Crippen molar-refractivity contribution in [1.82, 2.24) is 0 Å². The van der Waals surface area contributed by atoms with Gasteiger partial charge in [-0.2, -0.15) is 0 Å². The van der Waals surface area contributed by atoms with Crippen LogP contribution >= 0.6 is 0 Å². The molecule has 0 saturated carbocycles. The molecule has 0 fully saturated rings. The normalized spacial score (nSPS) is 16.8. The molecule has 0 spiro atoms. The average molecular weight is 220 g/mol. The van der Waals surface area contributed by atoms with E-state index in [2.05, 4.69) is 0 Å². The van der Waals surface area contributed by atoms with Gasteiger partial charge in [-0.3, -0.25) is 0 Å². The van der Waals surface area contributed by atoms with Gasteiger partial charge in [0.2, 0.25) is 0 Å². The van der Waals surface area contributed by atoms with Gasteiger partial charge in [0.15, 0.2) is 0 Å². The standard InChI is InChI=1S/C8H8B2O4.C2H6/c11-9-7-2-8-6(4-14-10(8)12)1-5(7)3-13-9;1-2/h1-2,11-12H,3-4H2;1-2H3. The first-order chi connectivity index (χ1) is 7.75. The summed E-state index contributed by atoms with van der Waals surface area (Å²) in [5, 5.41) is 18.9. The van der Waals surface area contributed by atoms with Crippen molar-refractivity contribution in [2.75, 3.05) is 0 Å². The Balaban J connectivity index is 0.000000457. The molecule has 2 N–H and O–H groups in total. The van der Waals surface area contributed by atoms with Gasteiger partial charge >= 0.3 is 14.2 Å². The molecule has 0 aliphatic carbocycles. The Morgan fingerprint density at radius 1 is 0.938 bits per heavy atom. The first-order valence-electron chi connectivity index (χ1n) is 5.50.